The first-order chi connectivity index (χ1) is 9.17. The molecule has 2 aromatic rings. The first-order valence-electron chi connectivity index (χ1n) is 6.32. The van der Waals surface area contributed by atoms with Gasteiger partial charge >= 0.3 is 0 Å². The molecule has 19 heavy (non-hydrogen) atoms. The molecule has 0 spiro atoms. The van der Waals surface area contributed by atoms with E-state index in [0.29, 0.717) is 5.82 Å². The molecule has 2 N–H and O–H groups in total. The lowest BCUT2D eigenvalue weighted by molar-refractivity contribution is 0.415. The van der Waals surface area contributed by atoms with Crippen molar-refractivity contribution in [1.29, 1.82) is 0 Å². The van der Waals surface area contributed by atoms with Gasteiger partial charge in [-0.3, -0.25) is 0 Å². The predicted octanol–water partition coefficient (Wildman–Crippen LogP) is 3.70. The van der Waals surface area contributed by atoms with Gasteiger partial charge in [-0.15, -0.1) is 0 Å². The smallest absolute Gasteiger partial charge is 0.131 e. The summed E-state index contributed by atoms with van der Waals surface area (Å²) in [5, 5.41) is 0. The highest BCUT2D eigenvalue weighted by molar-refractivity contribution is 9.10. The zero-order valence-electron chi connectivity index (χ0n) is 11.2. The minimum atomic E-state index is 0.697. The van der Waals surface area contributed by atoms with Crippen molar-refractivity contribution in [3.05, 3.63) is 29.0 Å². The summed E-state index contributed by atoms with van der Waals surface area (Å²) < 4.78 is 8.20. The third-order valence-corrected chi connectivity index (χ3v) is 3.75. The summed E-state index contributed by atoms with van der Waals surface area (Å²) in [5.41, 5.74) is 7.92. The molecule has 0 aliphatic rings. The van der Waals surface area contributed by atoms with Gasteiger partial charge < -0.3 is 15.0 Å². The molecule has 0 bridgehead atoms. The van der Waals surface area contributed by atoms with Gasteiger partial charge in [-0.2, -0.15) is 0 Å². The first-order valence-corrected chi connectivity index (χ1v) is 7.11. The van der Waals surface area contributed by atoms with Gasteiger partial charge in [0.25, 0.3) is 0 Å². The Kier molecular flexibility index (Phi) is 4.47. The Hall–Kier alpha value is -1.49. The van der Waals surface area contributed by atoms with Gasteiger partial charge in [0.15, 0.2) is 0 Å². The van der Waals surface area contributed by atoms with Crippen molar-refractivity contribution in [2.24, 2.45) is 0 Å². The number of nitrogens with zero attached hydrogens (tertiary/aromatic N) is 2. The average Bonchev–Trinajstić information content (AvgIpc) is 2.78. The minimum Gasteiger partial charge on any atom is -0.497 e. The van der Waals surface area contributed by atoms with Crippen LogP contribution < -0.4 is 10.5 Å². The third-order valence-electron chi connectivity index (χ3n) is 3.06. The summed E-state index contributed by atoms with van der Waals surface area (Å²) in [7, 11) is 1.65. The molecular formula is C14H18BrN3O. The third kappa shape index (κ3) is 2.92. The number of halogens is 1. The molecule has 0 atom stereocenters. The molecular weight excluding hydrogens is 306 g/mol. The van der Waals surface area contributed by atoms with Gasteiger partial charge in [0.2, 0.25) is 0 Å². The number of ether oxygens (including phenoxy) is 1. The van der Waals surface area contributed by atoms with E-state index in [1.807, 2.05) is 22.8 Å². The number of methoxy groups -OCH3 is 1. The number of hydrogen-bond donors (Lipinski definition) is 1. The van der Waals surface area contributed by atoms with E-state index in [1.54, 1.807) is 13.4 Å². The maximum Gasteiger partial charge on any atom is 0.131 e. The van der Waals surface area contributed by atoms with E-state index in [1.165, 1.54) is 0 Å². The molecule has 0 saturated carbocycles. The maximum atomic E-state index is 6.18. The zero-order chi connectivity index (χ0) is 13.8. The van der Waals surface area contributed by atoms with Crippen molar-refractivity contribution >= 4 is 21.7 Å². The van der Waals surface area contributed by atoms with Crippen LogP contribution in [0.1, 0.15) is 19.8 Å². The summed E-state index contributed by atoms with van der Waals surface area (Å²) in [6.07, 6.45) is 4.03. The minimum absolute atomic E-state index is 0.697. The largest absolute Gasteiger partial charge is 0.497 e. The molecule has 2 rings (SSSR count). The molecule has 0 aliphatic heterocycles. The number of rotatable bonds is 5. The van der Waals surface area contributed by atoms with E-state index < -0.39 is 0 Å². The van der Waals surface area contributed by atoms with Crippen LogP contribution in [0.5, 0.6) is 5.75 Å². The number of unbranched alkanes of at least 4 members (excludes halogenated alkanes) is 1. The molecule has 0 saturated heterocycles. The van der Waals surface area contributed by atoms with Crippen molar-refractivity contribution in [3.8, 4) is 17.0 Å². The molecule has 0 fully saturated rings. The lowest BCUT2D eigenvalue weighted by Crippen LogP contribution is -2.02. The van der Waals surface area contributed by atoms with Crippen LogP contribution >= 0.6 is 15.9 Å². The number of imidazole rings is 1. The molecule has 5 heteroatoms. The summed E-state index contributed by atoms with van der Waals surface area (Å²) >= 11 is 3.53. The summed E-state index contributed by atoms with van der Waals surface area (Å²) in [5.74, 6) is 1.49. The Morgan fingerprint density at radius 2 is 2.21 bits per heavy atom. The van der Waals surface area contributed by atoms with Crippen molar-refractivity contribution in [3.63, 3.8) is 0 Å². The second-order valence-electron chi connectivity index (χ2n) is 4.37. The second kappa shape index (κ2) is 6.10. The number of aromatic nitrogens is 2. The monoisotopic (exact) mass is 323 g/mol. The number of hydrogen-bond acceptors (Lipinski definition) is 3. The van der Waals surface area contributed by atoms with Crippen LogP contribution in [0, 0.1) is 0 Å². The maximum absolute atomic E-state index is 6.18. The topological polar surface area (TPSA) is 53.1 Å². The molecule has 1 aromatic heterocycles. The Balaban J connectivity index is 2.39. The van der Waals surface area contributed by atoms with Crippen LogP contribution in [0.3, 0.4) is 0 Å². The van der Waals surface area contributed by atoms with E-state index in [-0.39, 0.29) is 0 Å². The van der Waals surface area contributed by atoms with Gasteiger partial charge in [-0.25, -0.2) is 4.98 Å². The Bertz CT molecular complexity index is 566. The van der Waals surface area contributed by atoms with Crippen LogP contribution in [0.4, 0.5) is 5.82 Å². The van der Waals surface area contributed by atoms with Crippen LogP contribution in [-0.4, -0.2) is 16.7 Å². The SMILES string of the molecule is CCCCn1cnc(-c2cc(OC)ccc2Br)c1N. The Morgan fingerprint density at radius 1 is 1.42 bits per heavy atom. The fourth-order valence-corrected chi connectivity index (χ4v) is 2.35. The number of nitrogen functional groups attached to an aromatic ring is 1. The van der Waals surface area contributed by atoms with Gasteiger partial charge in [-0.05, 0) is 24.6 Å². The van der Waals surface area contributed by atoms with Crippen molar-refractivity contribution < 1.29 is 4.74 Å². The standard InChI is InChI=1S/C14H18BrN3O/c1-3-4-7-18-9-17-13(14(18)16)11-8-10(19-2)5-6-12(11)15/h5-6,8-9H,3-4,7,16H2,1-2H3. The van der Waals surface area contributed by atoms with Crippen LogP contribution in [0.15, 0.2) is 29.0 Å². The highest BCUT2D eigenvalue weighted by Crippen LogP contribution is 2.34. The second-order valence-corrected chi connectivity index (χ2v) is 5.23. The summed E-state index contributed by atoms with van der Waals surface area (Å²) in [6.45, 7) is 3.06. The van der Waals surface area contributed by atoms with E-state index in [0.717, 1.165) is 40.9 Å². The fourth-order valence-electron chi connectivity index (χ4n) is 1.92. The molecule has 4 nitrogen and oxygen atoms in total. The number of nitrogens with two attached hydrogens (primary N) is 1. The van der Waals surface area contributed by atoms with Crippen molar-refractivity contribution in [2.75, 3.05) is 12.8 Å². The van der Waals surface area contributed by atoms with Gasteiger partial charge in [0, 0.05) is 16.6 Å². The molecule has 1 aromatic carbocycles. The molecule has 102 valence electrons. The summed E-state index contributed by atoms with van der Waals surface area (Å²) in [4.78, 5) is 4.43. The molecule has 0 radical (unpaired) electrons. The molecule has 0 unspecified atom stereocenters. The van der Waals surface area contributed by atoms with E-state index in [2.05, 4.69) is 27.8 Å². The van der Waals surface area contributed by atoms with Crippen molar-refractivity contribution in [1.82, 2.24) is 9.55 Å². The van der Waals surface area contributed by atoms with Crippen molar-refractivity contribution in [2.45, 2.75) is 26.3 Å². The molecule has 1 heterocycles. The predicted molar refractivity (Wildman–Crippen MR) is 81.2 cm³/mol. The lowest BCUT2D eigenvalue weighted by Gasteiger charge is -2.07. The molecule has 0 aliphatic carbocycles. The van der Waals surface area contributed by atoms with E-state index in [4.69, 9.17) is 10.5 Å². The van der Waals surface area contributed by atoms with Crippen LogP contribution in [-0.2, 0) is 6.54 Å². The lowest BCUT2D eigenvalue weighted by atomic mass is 10.1. The Labute approximate surface area is 121 Å². The number of anilines is 1. The quantitative estimate of drug-likeness (QED) is 0.912. The fraction of sp³-hybridized carbons (Fsp3) is 0.357. The number of aryl methyl sites for hydroxylation is 1. The Morgan fingerprint density at radius 3 is 2.89 bits per heavy atom. The average molecular weight is 324 g/mol. The zero-order valence-corrected chi connectivity index (χ0v) is 12.8. The normalized spacial score (nSPS) is 10.7. The van der Waals surface area contributed by atoms with Gasteiger partial charge in [0.05, 0.1) is 13.4 Å². The van der Waals surface area contributed by atoms with E-state index >= 15 is 0 Å². The van der Waals surface area contributed by atoms with Gasteiger partial charge in [-0.1, -0.05) is 29.3 Å². The summed E-state index contributed by atoms with van der Waals surface area (Å²) in [6, 6.07) is 5.78. The van der Waals surface area contributed by atoms with E-state index in [9.17, 15) is 0 Å². The molecule has 0 amide bonds. The number of benzene rings is 1. The highest BCUT2D eigenvalue weighted by atomic mass is 79.9. The highest BCUT2D eigenvalue weighted by Gasteiger charge is 2.13. The first kappa shape index (κ1) is 13.9. The van der Waals surface area contributed by atoms with Gasteiger partial charge in [0.1, 0.15) is 17.3 Å². The van der Waals surface area contributed by atoms with Crippen LogP contribution in [0.25, 0.3) is 11.3 Å². The van der Waals surface area contributed by atoms with Crippen LogP contribution in [0.2, 0.25) is 0 Å².